The second kappa shape index (κ2) is 9.68. The second-order valence-electron chi connectivity index (χ2n) is 8.64. The van der Waals surface area contributed by atoms with E-state index >= 15 is 0 Å². The normalized spacial score (nSPS) is 21.0. The standard InChI is InChI=1S/C27H26N2O6/c1-33-20-10-7-17(8-11-20)26-25(27(31)32)21(18-9-12-22-23(13-18)35-16-34-22)14-29(26)15-24(30)28-19-5-3-2-4-6-19/h2-13,21,25-26H,14-16H2,1H3,(H,28,30)(H,31,32). The first kappa shape index (κ1) is 22.7. The van der Waals surface area contributed by atoms with Crippen LogP contribution in [0.15, 0.2) is 72.8 Å². The number of nitrogens with one attached hydrogen (secondary N) is 1. The van der Waals surface area contributed by atoms with Gasteiger partial charge in [-0.2, -0.15) is 0 Å². The van der Waals surface area contributed by atoms with Crippen molar-refractivity contribution in [2.75, 3.05) is 32.3 Å². The van der Waals surface area contributed by atoms with Crippen LogP contribution < -0.4 is 19.5 Å². The fourth-order valence-electron chi connectivity index (χ4n) is 4.98. The monoisotopic (exact) mass is 474 g/mol. The van der Waals surface area contributed by atoms with E-state index in [1.54, 1.807) is 7.11 Å². The van der Waals surface area contributed by atoms with Crippen molar-refractivity contribution in [1.82, 2.24) is 4.90 Å². The summed E-state index contributed by atoms with van der Waals surface area (Å²) in [6.07, 6.45) is 0. The molecule has 1 fully saturated rings. The molecule has 8 heteroatoms. The van der Waals surface area contributed by atoms with E-state index in [0.29, 0.717) is 29.5 Å². The Morgan fingerprint density at radius 3 is 2.43 bits per heavy atom. The highest BCUT2D eigenvalue weighted by Gasteiger charge is 2.48. The molecule has 0 saturated carbocycles. The number of ether oxygens (including phenoxy) is 3. The minimum atomic E-state index is -0.917. The Labute approximate surface area is 203 Å². The molecule has 8 nitrogen and oxygen atoms in total. The molecule has 0 bridgehead atoms. The molecule has 3 unspecified atom stereocenters. The molecular weight excluding hydrogens is 448 g/mol. The summed E-state index contributed by atoms with van der Waals surface area (Å²) in [5.41, 5.74) is 2.35. The summed E-state index contributed by atoms with van der Waals surface area (Å²) in [4.78, 5) is 27.5. The fourth-order valence-corrected chi connectivity index (χ4v) is 4.98. The van der Waals surface area contributed by atoms with Gasteiger partial charge in [0.25, 0.3) is 0 Å². The minimum Gasteiger partial charge on any atom is -0.497 e. The lowest BCUT2D eigenvalue weighted by atomic mass is 9.82. The molecule has 0 aliphatic carbocycles. The predicted molar refractivity (Wildman–Crippen MR) is 129 cm³/mol. The van der Waals surface area contributed by atoms with Crippen molar-refractivity contribution in [3.63, 3.8) is 0 Å². The molecule has 2 heterocycles. The lowest BCUT2D eigenvalue weighted by molar-refractivity contribution is -0.143. The quantitative estimate of drug-likeness (QED) is 0.536. The largest absolute Gasteiger partial charge is 0.497 e. The summed E-state index contributed by atoms with van der Waals surface area (Å²) >= 11 is 0. The molecule has 2 N–H and O–H groups in total. The Balaban J connectivity index is 1.48. The predicted octanol–water partition coefficient (Wildman–Crippen LogP) is 3.90. The minimum absolute atomic E-state index is 0.0520. The summed E-state index contributed by atoms with van der Waals surface area (Å²) in [6.45, 7) is 0.595. The van der Waals surface area contributed by atoms with Gasteiger partial charge in [-0.25, -0.2) is 0 Å². The maximum absolute atomic E-state index is 13.0. The second-order valence-corrected chi connectivity index (χ2v) is 8.64. The molecule has 180 valence electrons. The Bertz CT molecular complexity index is 1210. The summed E-state index contributed by atoms with van der Waals surface area (Å²) < 4.78 is 16.2. The van der Waals surface area contributed by atoms with Gasteiger partial charge in [-0.05, 0) is 47.5 Å². The van der Waals surface area contributed by atoms with Gasteiger partial charge in [-0.3, -0.25) is 14.5 Å². The molecular formula is C27H26N2O6. The number of carboxylic acids is 1. The number of likely N-dealkylation sites (tertiary alicyclic amines) is 1. The average Bonchev–Trinajstić information content (AvgIpc) is 3.49. The van der Waals surface area contributed by atoms with Crippen LogP contribution in [-0.2, 0) is 9.59 Å². The maximum atomic E-state index is 13.0. The van der Waals surface area contributed by atoms with Crippen molar-refractivity contribution in [1.29, 1.82) is 0 Å². The van der Waals surface area contributed by atoms with Crippen LogP contribution >= 0.6 is 0 Å². The van der Waals surface area contributed by atoms with Gasteiger partial charge in [0, 0.05) is 24.2 Å². The Hall–Kier alpha value is -4.04. The number of rotatable bonds is 7. The van der Waals surface area contributed by atoms with E-state index in [0.717, 1.165) is 11.1 Å². The number of amides is 1. The molecule has 3 aromatic rings. The fraction of sp³-hybridized carbons (Fsp3) is 0.259. The zero-order chi connectivity index (χ0) is 24.4. The summed E-state index contributed by atoms with van der Waals surface area (Å²) in [5.74, 6) is -0.312. The van der Waals surface area contributed by atoms with Gasteiger partial charge in [-0.1, -0.05) is 36.4 Å². The molecule has 0 spiro atoms. The van der Waals surface area contributed by atoms with E-state index in [1.165, 1.54) is 0 Å². The van der Waals surface area contributed by atoms with Crippen molar-refractivity contribution >= 4 is 17.6 Å². The number of nitrogens with zero attached hydrogens (tertiary/aromatic N) is 1. The first-order valence-corrected chi connectivity index (χ1v) is 11.4. The summed E-state index contributed by atoms with van der Waals surface area (Å²) in [5, 5.41) is 13.3. The number of benzene rings is 3. The van der Waals surface area contributed by atoms with E-state index in [1.807, 2.05) is 77.7 Å². The molecule has 0 aromatic heterocycles. The number of hydrogen-bond acceptors (Lipinski definition) is 6. The Morgan fingerprint density at radius 2 is 1.71 bits per heavy atom. The third kappa shape index (κ3) is 4.65. The summed E-state index contributed by atoms with van der Waals surface area (Å²) in [7, 11) is 1.58. The van der Waals surface area contributed by atoms with E-state index in [9.17, 15) is 14.7 Å². The van der Waals surface area contributed by atoms with Gasteiger partial charge in [0.05, 0.1) is 19.6 Å². The van der Waals surface area contributed by atoms with Crippen molar-refractivity contribution in [3.05, 3.63) is 83.9 Å². The zero-order valence-corrected chi connectivity index (χ0v) is 19.2. The van der Waals surface area contributed by atoms with E-state index in [2.05, 4.69) is 5.32 Å². The topological polar surface area (TPSA) is 97.3 Å². The number of carboxylic acid groups (broad SMARTS) is 1. The van der Waals surface area contributed by atoms with Gasteiger partial charge in [-0.15, -0.1) is 0 Å². The van der Waals surface area contributed by atoms with Crippen LogP contribution in [0.3, 0.4) is 0 Å². The van der Waals surface area contributed by atoms with E-state index < -0.39 is 17.9 Å². The third-order valence-electron chi connectivity index (χ3n) is 6.57. The van der Waals surface area contributed by atoms with Crippen molar-refractivity contribution in [2.45, 2.75) is 12.0 Å². The average molecular weight is 475 g/mol. The Morgan fingerprint density at radius 1 is 1.00 bits per heavy atom. The number of methoxy groups -OCH3 is 1. The molecule has 0 radical (unpaired) electrons. The van der Waals surface area contributed by atoms with Gasteiger partial charge in [0.15, 0.2) is 11.5 Å². The molecule has 1 amide bonds. The zero-order valence-electron chi connectivity index (χ0n) is 19.2. The van der Waals surface area contributed by atoms with Crippen molar-refractivity contribution < 1.29 is 28.9 Å². The summed E-state index contributed by atoms with van der Waals surface area (Å²) in [6, 6.07) is 21.6. The van der Waals surface area contributed by atoms with Crippen LogP contribution in [0.2, 0.25) is 0 Å². The van der Waals surface area contributed by atoms with E-state index in [4.69, 9.17) is 14.2 Å². The van der Waals surface area contributed by atoms with Crippen LogP contribution in [0.1, 0.15) is 23.1 Å². The molecule has 5 rings (SSSR count). The molecule has 3 aromatic carbocycles. The smallest absolute Gasteiger partial charge is 0.309 e. The number of carbonyl (C=O) groups is 2. The lowest BCUT2D eigenvalue weighted by Crippen LogP contribution is -2.35. The number of carbonyl (C=O) groups excluding carboxylic acids is 1. The third-order valence-corrected chi connectivity index (χ3v) is 6.57. The first-order valence-electron chi connectivity index (χ1n) is 11.4. The Kier molecular flexibility index (Phi) is 6.29. The van der Waals surface area contributed by atoms with Crippen LogP contribution in [0.25, 0.3) is 0 Å². The lowest BCUT2D eigenvalue weighted by Gasteiger charge is -2.27. The highest BCUT2D eigenvalue weighted by molar-refractivity contribution is 5.92. The van der Waals surface area contributed by atoms with Gasteiger partial charge in [0.2, 0.25) is 12.7 Å². The number of para-hydroxylation sites is 1. The van der Waals surface area contributed by atoms with Crippen LogP contribution in [-0.4, -0.2) is 48.9 Å². The van der Waals surface area contributed by atoms with Gasteiger partial charge < -0.3 is 24.6 Å². The van der Waals surface area contributed by atoms with Gasteiger partial charge in [0.1, 0.15) is 5.75 Å². The molecule has 35 heavy (non-hydrogen) atoms. The molecule has 1 saturated heterocycles. The molecule has 2 aliphatic heterocycles. The van der Waals surface area contributed by atoms with Crippen LogP contribution in [0.4, 0.5) is 5.69 Å². The number of fused-ring (bicyclic) bond motifs is 1. The number of hydrogen-bond donors (Lipinski definition) is 2. The first-order chi connectivity index (χ1) is 17.0. The highest BCUT2D eigenvalue weighted by atomic mass is 16.7. The van der Waals surface area contributed by atoms with Crippen LogP contribution in [0.5, 0.6) is 17.2 Å². The number of anilines is 1. The van der Waals surface area contributed by atoms with Crippen molar-refractivity contribution in [3.8, 4) is 17.2 Å². The maximum Gasteiger partial charge on any atom is 0.309 e. The highest BCUT2D eigenvalue weighted by Crippen LogP contribution is 2.47. The van der Waals surface area contributed by atoms with E-state index in [-0.39, 0.29) is 25.2 Å². The molecule has 2 aliphatic rings. The molecule has 3 atom stereocenters. The van der Waals surface area contributed by atoms with Crippen molar-refractivity contribution in [2.24, 2.45) is 5.92 Å². The number of aliphatic carboxylic acids is 1. The SMILES string of the molecule is COc1ccc(C2C(C(=O)O)C(c3ccc4c(c3)OCO4)CN2CC(=O)Nc2ccccc2)cc1. The van der Waals surface area contributed by atoms with Gasteiger partial charge >= 0.3 is 5.97 Å². The van der Waals surface area contributed by atoms with Crippen LogP contribution in [0, 0.1) is 5.92 Å².